The molecule has 0 aliphatic carbocycles. The molecule has 0 saturated heterocycles. The van der Waals surface area contributed by atoms with Crippen molar-refractivity contribution < 1.29 is 9.00 Å². The van der Waals surface area contributed by atoms with E-state index >= 15 is 0 Å². The van der Waals surface area contributed by atoms with E-state index in [2.05, 4.69) is 10.6 Å². The lowest BCUT2D eigenvalue weighted by Gasteiger charge is -2.14. The van der Waals surface area contributed by atoms with Crippen LogP contribution in [0.3, 0.4) is 0 Å². The van der Waals surface area contributed by atoms with Crippen LogP contribution in [0.1, 0.15) is 17.3 Å². The minimum atomic E-state index is -0.936. The Morgan fingerprint density at radius 2 is 2.17 bits per heavy atom. The fraction of sp³-hybridized carbons (Fsp3) is 0.417. The van der Waals surface area contributed by atoms with Crippen molar-refractivity contribution >= 4 is 34.0 Å². The second kappa shape index (κ2) is 6.75. The Morgan fingerprint density at radius 1 is 1.50 bits per heavy atom. The average Bonchev–Trinajstić information content (AvgIpc) is 2.27. The van der Waals surface area contributed by atoms with Crippen molar-refractivity contribution in [1.29, 1.82) is 0 Å². The second-order valence-corrected chi connectivity index (χ2v) is 5.97. The molecule has 2 atom stereocenters. The van der Waals surface area contributed by atoms with E-state index in [9.17, 15) is 9.00 Å². The molecule has 18 heavy (non-hydrogen) atoms. The number of carbonyl (C=O) groups is 1. The van der Waals surface area contributed by atoms with Gasteiger partial charge in [-0.2, -0.15) is 0 Å². The first kappa shape index (κ1) is 15.0. The maximum atomic E-state index is 12.1. The van der Waals surface area contributed by atoms with Crippen LogP contribution in [0.4, 0.5) is 5.69 Å². The SMILES string of the molecule is CNc1ccc(Cl)cc1C(=O)NC(C)CS(C)=O. The van der Waals surface area contributed by atoms with Gasteiger partial charge in [-0.25, -0.2) is 0 Å². The molecular formula is C12H17ClN2O2S. The second-order valence-electron chi connectivity index (χ2n) is 4.05. The Labute approximate surface area is 115 Å². The molecule has 1 aromatic rings. The number of halogens is 1. The molecule has 1 rings (SSSR count). The molecule has 4 nitrogen and oxygen atoms in total. The van der Waals surface area contributed by atoms with E-state index in [0.29, 0.717) is 22.0 Å². The highest BCUT2D eigenvalue weighted by atomic mass is 35.5. The van der Waals surface area contributed by atoms with Crippen LogP contribution in [-0.2, 0) is 10.8 Å². The van der Waals surface area contributed by atoms with Gasteiger partial charge in [-0.1, -0.05) is 11.6 Å². The van der Waals surface area contributed by atoms with Crippen molar-refractivity contribution in [1.82, 2.24) is 5.32 Å². The molecule has 0 saturated carbocycles. The lowest BCUT2D eigenvalue weighted by molar-refractivity contribution is 0.0944. The highest BCUT2D eigenvalue weighted by Crippen LogP contribution is 2.20. The first-order valence-corrected chi connectivity index (χ1v) is 7.62. The molecule has 0 bridgehead atoms. The molecule has 2 N–H and O–H groups in total. The lowest BCUT2D eigenvalue weighted by Crippen LogP contribution is -2.36. The Hall–Kier alpha value is -1.07. The number of rotatable bonds is 5. The molecule has 2 unspecified atom stereocenters. The van der Waals surface area contributed by atoms with Gasteiger partial charge in [0.2, 0.25) is 0 Å². The zero-order chi connectivity index (χ0) is 13.7. The van der Waals surface area contributed by atoms with Gasteiger partial charge in [-0.15, -0.1) is 0 Å². The molecule has 0 radical (unpaired) electrons. The monoisotopic (exact) mass is 288 g/mol. The highest BCUT2D eigenvalue weighted by Gasteiger charge is 2.14. The summed E-state index contributed by atoms with van der Waals surface area (Å²) in [4.78, 5) is 12.1. The van der Waals surface area contributed by atoms with Gasteiger partial charge in [0.1, 0.15) is 0 Å². The predicted molar refractivity (Wildman–Crippen MR) is 76.9 cm³/mol. The van der Waals surface area contributed by atoms with E-state index in [-0.39, 0.29) is 11.9 Å². The molecule has 6 heteroatoms. The lowest BCUT2D eigenvalue weighted by atomic mass is 10.1. The van der Waals surface area contributed by atoms with E-state index < -0.39 is 10.8 Å². The molecule has 1 aromatic carbocycles. The van der Waals surface area contributed by atoms with E-state index in [4.69, 9.17) is 11.6 Å². The van der Waals surface area contributed by atoms with Gasteiger partial charge in [0.05, 0.1) is 5.56 Å². The molecule has 0 spiro atoms. The summed E-state index contributed by atoms with van der Waals surface area (Å²) in [5.74, 6) is 0.209. The van der Waals surface area contributed by atoms with Gasteiger partial charge in [-0.3, -0.25) is 9.00 Å². The van der Waals surface area contributed by atoms with Crippen LogP contribution in [0, 0.1) is 0 Å². The van der Waals surface area contributed by atoms with Crippen molar-refractivity contribution in [3.05, 3.63) is 28.8 Å². The highest BCUT2D eigenvalue weighted by molar-refractivity contribution is 7.84. The van der Waals surface area contributed by atoms with Crippen LogP contribution >= 0.6 is 11.6 Å². The van der Waals surface area contributed by atoms with Gasteiger partial charge < -0.3 is 10.6 Å². The number of hydrogen-bond donors (Lipinski definition) is 2. The number of anilines is 1. The maximum Gasteiger partial charge on any atom is 0.253 e. The summed E-state index contributed by atoms with van der Waals surface area (Å²) < 4.78 is 11.1. The standard InChI is InChI=1S/C12H17ClN2O2S/c1-8(7-18(3)17)15-12(16)10-6-9(13)4-5-11(10)14-2/h4-6,8,14H,7H2,1-3H3,(H,15,16). The fourth-order valence-corrected chi connectivity index (χ4v) is 2.58. The Bertz CT molecular complexity index is 465. The van der Waals surface area contributed by atoms with Crippen LogP contribution in [0.15, 0.2) is 18.2 Å². The summed E-state index contributed by atoms with van der Waals surface area (Å²) in [5, 5.41) is 6.24. The minimum absolute atomic E-state index is 0.146. The van der Waals surface area contributed by atoms with Crippen molar-refractivity contribution in [3.8, 4) is 0 Å². The Morgan fingerprint density at radius 3 is 2.72 bits per heavy atom. The van der Waals surface area contributed by atoms with Gasteiger partial charge in [-0.05, 0) is 25.1 Å². The maximum absolute atomic E-state index is 12.1. The summed E-state index contributed by atoms with van der Waals surface area (Å²) in [5.41, 5.74) is 1.19. The average molecular weight is 289 g/mol. The van der Waals surface area contributed by atoms with Gasteiger partial charge in [0.15, 0.2) is 0 Å². The number of hydrogen-bond acceptors (Lipinski definition) is 3. The molecule has 0 aliphatic heterocycles. The topological polar surface area (TPSA) is 58.2 Å². The quantitative estimate of drug-likeness (QED) is 0.870. The van der Waals surface area contributed by atoms with Gasteiger partial charge in [0, 0.05) is 46.6 Å². The zero-order valence-electron chi connectivity index (χ0n) is 10.6. The Kier molecular flexibility index (Phi) is 5.62. The van der Waals surface area contributed by atoms with Crippen molar-refractivity contribution in [3.63, 3.8) is 0 Å². The fourth-order valence-electron chi connectivity index (χ4n) is 1.62. The van der Waals surface area contributed by atoms with Crippen molar-refractivity contribution in [2.45, 2.75) is 13.0 Å². The molecule has 0 fully saturated rings. The van der Waals surface area contributed by atoms with E-state index in [0.717, 1.165) is 0 Å². The summed E-state index contributed by atoms with van der Waals surface area (Å²) in [6.07, 6.45) is 1.61. The Balaban J connectivity index is 2.83. The zero-order valence-corrected chi connectivity index (χ0v) is 12.2. The largest absolute Gasteiger partial charge is 0.387 e. The first-order valence-electron chi connectivity index (χ1n) is 5.52. The molecular weight excluding hydrogens is 272 g/mol. The van der Waals surface area contributed by atoms with Gasteiger partial charge in [0.25, 0.3) is 5.91 Å². The third kappa shape index (κ3) is 4.31. The third-order valence-electron chi connectivity index (χ3n) is 2.36. The molecule has 100 valence electrons. The first-order chi connectivity index (χ1) is 8.43. The number of carbonyl (C=O) groups excluding carboxylic acids is 1. The molecule has 0 aliphatic rings. The smallest absolute Gasteiger partial charge is 0.253 e. The van der Waals surface area contributed by atoms with Crippen LogP contribution in [0.2, 0.25) is 5.02 Å². The van der Waals surface area contributed by atoms with Crippen LogP contribution < -0.4 is 10.6 Å². The van der Waals surface area contributed by atoms with Crippen LogP contribution in [0.25, 0.3) is 0 Å². The summed E-state index contributed by atoms with van der Waals surface area (Å²) in [7, 11) is 0.804. The van der Waals surface area contributed by atoms with Crippen molar-refractivity contribution in [2.75, 3.05) is 24.4 Å². The summed E-state index contributed by atoms with van der Waals surface area (Å²) in [6.45, 7) is 1.82. The van der Waals surface area contributed by atoms with Crippen LogP contribution in [-0.4, -0.2) is 35.2 Å². The number of benzene rings is 1. The summed E-state index contributed by atoms with van der Waals surface area (Å²) in [6, 6.07) is 4.93. The molecule has 1 amide bonds. The normalized spacial score (nSPS) is 13.8. The molecule has 0 aromatic heterocycles. The summed E-state index contributed by atoms with van der Waals surface area (Å²) >= 11 is 5.88. The van der Waals surface area contributed by atoms with E-state index in [1.165, 1.54) is 0 Å². The molecule has 0 heterocycles. The minimum Gasteiger partial charge on any atom is -0.387 e. The predicted octanol–water partition coefficient (Wildman–Crippen LogP) is 1.88. The van der Waals surface area contributed by atoms with Crippen molar-refractivity contribution in [2.24, 2.45) is 0 Å². The number of nitrogens with one attached hydrogen (secondary N) is 2. The van der Waals surface area contributed by atoms with Gasteiger partial charge >= 0.3 is 0 Å². The third-order valence-corrected chi connectivity index (χ3v) is 3.56. The van der Waals surface area contributed by atoms with E-state index in [1.807, 2.05) is 6.92 Å². The van der Waals surface area contributed by atoms with E-state index in [1.54, 1.807) is 31.5 Å². The number of amides is 1. The van der Waals surface area contributed by atoms with Crippen LogP contribution in [0.5, 0.6) is 0 Å².